The van der Waals surface area contributed by atoms with Gasteiger partial charge >= 0.3 is 0 Å². The molecule has 0 saturated heterocycles. The summed E-state index contributed by atoms with van der Waals surface area (Å²) in [6.07, 6.45) is 9.09. The minimum Gasteiger partial charge on any atom is -0.508 e. The van der Waals surface area contributed by atoms with Crippen LogP contribution in [0.1, 0.15) is 57.4 Å². The van der Waals surface area contributed by atoms with E-state index < -0.39 is 0 Å². The first kappa shape index (κ1) is 19.3. The predicted octanol–water partition coefficient (Wildman–Crippen LogP) is 6.10. The minimum atomic E-state index is 0.319. The summed E-state index contributed by atoms with van der Waals surface area (Å²) in [5.74, 6) is 1.20. The number of aryl methyl sites for hydroxylation is 1. The van der Waals surface area contributed by atoms with Gasteiger partial charge in [0.05, 0.1) is 11.0 Å². The molecule has 0 unspecified atom stereocenters. The van der Waals surface area contributed by atoms with E-state index in [1.165, 1.54) is 44.0 Å². The van der Waals surface area contributed by atoms with Gasteiger partial charge in [0.2, 0.25) is 5.95 Å². The van der Waals surface area contributed by atoms with Crippen molar-refractivity contribution in [3.05, 3.63) is 54.1 Å². The quantitative estimate of drug-likeness (QED) is 0.403. The van der Waals surface area contributed by atoms with Crippen molar-refractivity contribution < 1.29 is 5.11 Å². The third kappa shape index (κ3) is 5.25. The molecule has 0 spiro atoms. The van der Waals surface area contributed by atoms with Gasteiger partial charge in [0.15, 0.2) is 0 Å². The molecule has 0 atom stereocenters. The fourth-order valence-corrected chi connectivity index (χ4v) is 3.50. The highest BCUT2D eigenvalue weighted by Gasteiger charge is 2.10. The maximum Gasteiger partial charge on any atom is 0.204 e. The Morgan fingerprint density at radius 2 is 1.59 bits per heavy atom. The first-order valence-corrected chi connectivity index (χ1v) is 10.3. The third-order valence-corrected chi connectivity index (χ3v) is 5.07. The van der Waals surface area contributed by atoms with E-state index in [1.54, 1.807) is 6.07 Å². The van der Waals surface area contributed by atoms with Crippen LogP contribution in [0.15, 0.2) is 48.5 Å². The average molecular weight is 366 g/mol. The van der Waals surface area contributed by atoms with Crippen molar-refractivity contribution in [2.75, 3.05) is 5.32 Å². The molecule has 0 saturated carbocycles. The second-order valence-electron chi connectivity index (χ2n) is 7.18. The molecule has 0 aliphatic heterocycles. The molecule has 27 heavy (non-hydrogen) atoms. The van der Waals surface area contributed by atoms with Gasteiger partial charge in [0.25, 0.3) is 0 Å². The molecule has 3 aromatic rings. The SMILES string of the molecule is CCCCCCCCCn1c(NCc2ccccc2O)nc2ccccc21. The van der Waals surface area contributed by atoms with Crippen molar-refractivity contribution in [1.82, 2.24) is 9.55 Å². The number of nitrogens with zero attached hydrogens (tertiary/aromatic N) is 2. The highest BCUT2D eigenvalue weighted by atomic mass is 16.3. The number of unbranched alkanes of at least 4 members (excludes halogenated alkanes) is 6. The van der Waals surface area contributed by atoms with Crippen LogP contribution in [-0.2, 0) is 13.1 Å². The lowest BCUT2D eigenvalue weighted by atomic mass is 10.1. The molecule has 0 radical (unpaired) electrons. The molecule has 2 N–H and O–H groups in total. The molecule has 144 valence electrons. The van der Waals surface area contributed by atoms with Crippen LogP contribution < -0.4 is 5.32 Å². The molecule has 0 bridgehead atoms. The molecule has 0 aliphatic carbocycles. The Labute approximate surface area is 162 Å². The molecule has 4 nitrogen and oxygen atoms in total. The zero-order valence-electron chi connectivity index (χ0n) is 16.3. The fraction of sp³-hybridized carbons (Fsp3) is 0.435. The van der Waals surface area contributed by atoms with Crippen molar-refractivity contribution in [2.24, 2.45) is 0 Å². The second kappa shape index (κ2) is 10.0. The average Bonchev–Trinajstić information content (AvgIpc) is 3.04. The normalized spacial score (nSPS) is 11.1. The molecule has 0 amide bonds. The summed E-state index contributed by atoms with van der Waals surface area (Å²) in [7, 11) is 0. The van der Waals surface area contributed by atoms with E-state index in [0.29, 0.717) is 12.3 Å². The summed E-state index contributed by atoms with van der Waals surface area (Å²) in [4.78, 5) is 4.77. The molecule has 1 aromatic heterocycles. The first-order valence-electron chi connectivity index (χ1n) is 10.3. The highest BCUT2D eigenvalue weighted by molar-refractivity contribution is 5.78. The van der Waals surface area contributed by atoms with Crippen LogP contribution in [0.2, 0.25) is 0 Å². The van der Waals surface area contributed by atoms with E-state index in [0.717, 1.165) is 30.0 Å². The van der Waals surface area contributed by atoms with Crippen molar-refractivity contribution in [3.8, 4) is 5.75 Å². The zero-order valence-corrected chi connectivity index (χ0v) is 16.3. The van der Waals surface area contributed by atoms with Crippen LogP contribution in [0.5, 0.6) is 5.75 Å². The highest BCUT2D eigenvalue weighted by Crippen LogP contribution is 2.23. The summed E-state index contributed by atoms with van der Waals surface area (Å²) in [6, 6.07) is 15.7. The number of phenols is 1. The molecule has 0 fully saturated rings. The summed E-state index contributed by atoms with van der Waals surface area (Å²) < 4.78 is 2.28. The summed E-state index contributed by atoms with van der Waals surface area (Å²) in [5.41, 5.74) is 3.07. The number of aromatic nitrogens is 2. The maximum atomic E-state index is 9.99. The zero-order chi connectivity index (χ0) is 18.9. The number of anilines is 1. The van der Waals surface area contributed by atoms with E-state index in [-0.39, 0.29) is 0 Å². The number of rotatable bonds is 11. The lowest BCUT2D eigenvalue weighted by Gasteiger charge is -2.11. The van der Waals surface area contributed by atoms with E-state index in [9.17, 15) is 5.11 Å². The number of imidazole rings is 1. The van der Waals surface area contributed by atoms with Gasteiger partial charge in [-0.2, -0.15) is 0 Å². The van der Waals surface area contributed by atoms with Crippen molar-refractivity contribution >= 4 is 17.0 Å². The molecule has 4 heteroatoms. The van der Waals surface area contributed by atoms with Gasteiger partial charge in [0, 0.05) is 18.7 Å². The molecule has 2 aromatic carbocycles. The summed E-state index contributed by atoms with van der Waals surface area (Å²) in [6.45, 7) is 3.79. The largest absolute Gasteiger partial charge is 0.508 e. The van der Waals surface area contributed by atoms with E-state index >= 15 is 0 Å². The number of nitrogens with one attached hydrogen (secondary N) is 1. The molecular weight excluding hydrogens is 334 g/mol. The van der Waals surface area contributed by atoms with Crippen LogP contribution in [0.4, 0.5) is 5.95 Å². The number of hydrogen-bond donors (Lipinski definition) is 2. The van der Waals surface area contributed by atoms with Crippen LogP contribution in [0.25, 0.3) is 11.0 Å². The lowest BCUT2D eigenvalue weighted by molar-refractivity contribution is 0.469. The number of hydrogen-bond acceptors (Lipinski definition) is 3. The summed E-state index contributed by atoms with van der Waals surface area (Å²) >= 11 is 0. The van der Waals surface area contributed by atoms with Gasteiger partial charge < -0.3 is 15.0 Å². The Bertz CT molecular complexity index is 841. The van der Waals surface area contributed by atoms with Gasteiger partial charge in [0.1, 0.15) is 5.75 Å². The number of para-hydroxylation sites is 3. The van der Waals surface area contributed by atoms with Gasteiger partial charge in [-0.1, -0.05) is 75.8 Å². The Morgan fingerprint density at radius 3 is 2.41 bits per heavy atom. The first-order chi connectivity index (χ1) is 13.3. The standard InChI is InChI=1S/C23H31N3O/c1-2-3-4-5-6-7-12-17-26-21-15-10-9-14-20(21)25-23(26)24-18-19-13-8-11-16-22(19)27/h8-11,13-16,27H,2-7,12,17-18H2,1H3,(H,24,25). The van der Waals surface area contributed by atoms with Crippen LogP contribution in [0, 0.1) is 0 Å². The smallest absolute Gasteiger partial charge is 0.204 e. The topological polar surface area (TPSA) is 50.1 Å². The maximum absolute atomic E-state index is 9.99. The number of fused-ring (bicyclic) bond motifs is 1. The molecule has 1 heterocycles. The molecule has 3 rings (SSSR count). The van der Waals surface area contributed by atoms with Crippen LogP contribution in [-0.4, -0.2) is 14.7 Å². The van der Waals surface area contributed by atoms with Gasteiger partial charge in [-0.15, -0.1) is 0 Å². The van der Waals surface area contributed by atoms with E-state index in [4.69, 9.17) is 4.98 Å². The van der Waals surface area contributed by atoms with Gasteiger partial charge in [-0.3, -0.25) is 0 Å². The fourth-order valence-electron chi connectivity index (χ4n) is 3.50. The Morgan fingerprint density at radius 1 is 0.889 bits per heavy atom. The van der Waals surface area contributed by atoms with Crippen molar-refractivity contribution in [1.29, 1.82) is 0 Å². The van der Waals surface area contributed by atoms with Crippen molar-refractivity contribution in [3.63, 3.8) is 0 Å². The molecular formula is C23H31N3O. The summed E-state index contributed by atoms with van der Waals surface area (Å²) in [5, 5.41) is 13.4. The van der Waals surface area contributed by atoms with E-state index in [2.05, 4.69) is 35.0 Å². The second-order valence-corrected chi connectivity index (χ2v) is 7.18. The van der Waals surface area contributed by atoms with Crippen molar-refractivity contribution in [2.45, 2.75) is 65.0 Å². The Hall–Kier alpha value is -2.49. The van der Waals surface area contributed by atoms with Crippen LogP contribution in [0.3, 0.4) is 0 Å². The monoisotopic (exact) mass is 365 g/mol. The van der Waals surface area contributed by atoms with E-state index in [1.807, 2.05) is 24.3 Å². The number of phenolic OH excluding ortho intramolecular Hbond substituents is 1. The Kier molecular flexibility index (Phi) is 7.14. The third-order valence-electron chi connectivity index (χ3n) is 5.07. The molecule has 0 aliphatic rings. The minimum absolute atomic E-state index is 0.319. The predicted molar refractivity (Wildman–Crippen MR) is 113 cm³/mol. The number of benzene rings is 2. The van der Waals surface area contributed by atoms with Gasteiger partial charge in [-0.05, 0) is 24.6 Å². The van der Waals surface area contributed by atoms with Crippen LogP contribution >= 0.6 is 0 Å². The van der Waals surface area contributed by atoms with Gasteiger partial charge in [-0.25, -0.2) is 4.98 Å². The number of aromatic hydroxyl groups is 1. The lowest BCUT2D eigenvalue weighted by Crippen LogP contribution is -2.08. The Balaban J connectivity index is 1.64.